The fraction of sp³-hybridized carbons (Fsp3) is 0.133. The summed E-state index contributed by atoms with van der Waals surface area (Å²) in [6, 6.07) is 8.11. The molecule has 110 valence electrons. The lowest BCUT2D eigenvalue weighted by Crippen LogP contribution is -2.12. The smallest absolute Gasteiger partial charge is 0.257 e. The number of carbonyl (C=O) groups excluding carboxylic acids is 1. The number of carbonyl (C=O) groups is 1. The Bertz CT molecular complexity index is 676. The first-order valence-electron chi connectivity index (χ1n) is 6.23. The lowest BCUT2D eigenvalue weighted by Gasteiger charge is -2.09. The molecule has 0 aliphatic carbocycles. The summed E-state index contributed by atoms with van der Waals surface area (Å²) in [6.07, 6.45) is 0. The summed E-state index contributed by atoms with van der Waals surface area (Å²) in [5.41, 5.74) is 0.367. The summed E-state index contributed by atoms with van der Waals surface area (Å²) in [7, 11) is 0. The van der Waals surface area contributed by atoms with Gasteiger partial charge in [0.1, 0.15) is 5.75 Å². The number of anilines is 1. The predicted molar refractivity (Wildman–Crippen MR) is 78.6 cm³/mol. The van der Waals surface area contributed by atoms with Crippen molar-refractivity contribution in [3.05, 3.63) is 52.8 Å². The molecule has 0 spiro atoms. The third-order valence-electron chi connectivity index (χ3n) is 2.68. The lowest BCUT2D eigenvalue weighted by molar-refractivity contribution is 0.102. The largest absolute Gasteiger partial charge is 0.508 e. The Kier molecular flexibility index (Phi) is 4.65. The molecule has 0 bridgehead atoms. The van der Waals surface area contributed by atoms with E-state index in [1.807, 2.05) is 0 Å². The topological polar surface area (TPSA) is 58.6 Å². The summed E-state index contributed by atoms with van der Waals surface area (Å²) in [5.74, 6) is -1.08. The van der Waals surface area contributed by atoms with Gasteiger partial charge in [-0.3, -0.25) is 4.79 Å². The lowest BCUT2D eigenvalue weighted by atomic mass is 10.2. The molecule has 0 radical (unpaired) electrons. The first-order chi connectivity index (χ1) is 10.0. The molecule has 0 atom stereocenters. The molecular formula is C15H13ClFNO3. The van der Waals surface area contributed by atoms with Crippen LogP contribution in [0.4, 0.5) is 10.1 Å². The molecule has 0 unspecified atom stereocenters. The van der Waals surface area contributed by atoms with Gasteiger partial charge in [0.15, 0.2) is 11.6 Å². The molecule has 2 N–H and O–H groups in total. The number of phenols is 1. The van der Waals surface area contributed by atoms with Gasteiger partial charge in [-0.1, -0.05) is 11.6 Å². The summed E-state index contributed by atoms with van der Waals surface area (Å²) >= 11 is 5.89. The van der Waals surface area contributed by atoms with Gasteiger partial charge in [0, 0.05) is 11.8 Å². The van der Waals surface area contributed by atoms with Gasteiger partial charge < -0.3 is 15.2 Å². The van der Waals surface area contributed by atoms with Crippen molar-refractivity contribution in [3.8, 4) is 11.5 Å². The van der Waals surface area contributed by atoms with Gasteiger partial charge in [-0.15, -0.1) is 0 Å². The second kappa shape index (κ2) is 6.45. The highest BCUT2D eigenvalue weighted by Crippen LogP contribution is 2.24. The van der Waals surface area contributed by atoms with Gasteiger partial charge >= 0.3 is 0 Å². The zero-order valence-corrected chi connectivity index (χ0v) is 11.9. The van der Waals surface area contributed by atoms with Crippen LogP contribution < -0.4 is 10.1 Å². The minimum Gasteiger partial charge on any atom is -0.508 e. The number of hydrogen-bond acceptors (Lipinski definition) is 3. The molecule has 2 aromatic carbocycles. The van der Waals surface area contributed by atoms with Crippen LogP contribution in [0.2, 0.25) is 5.02 Å². The molecule has 0 fully saturated rings. The van der Waals surface area contributed by atoms with Crippen molar-refractivity contribution in [2.24, 2.45) is 0 Å². The number of ether oxygens (including phenoxy) is 1. The highest BCUT2D eigenvalue weighted by atomic mass is 35.5. The number of amides is 1. The maximum Gasteiger partial charge on any atom is 0.257 e. The van der Waals surface area contributed by atoms with Crippen LogP contribution in [0.15, 0.2) is 36.4 Å². The van der Waals surface area contributed by atoms with Gasteiger partial charge in [0.05, 0.1) is 17.2 Å². The minimum atomic E-state index is -0.573. The number of phenolic OH excluding ortho intramolecular Hbond substituents is 1. The second-order valence-corrected chi connectivity index (χ2v) is 4.60. The molecule has 21 heavy (non-hydrogen) atoms. The van der Waals surface area contributed by atoms with Crippen molar-refractivity contribution in [3.63, 3.8) is 0 Å². The van der Waals surface area contributed by atoms with E-state index >= 15 is 0 Å². The van der Waals surface area contributed by atoms with E-state index in [4.69, 9.17) is 16.3 Å². The molecule has 0 saturated heterocycles. The summed E-state index contributed by atoms with van der Waals surface area (Å²) in [4.78, 5) is 12.0. The van der Waals surface area contributed by atoms with Crippen molar-refractivity contribution in [2.45, 2.75) is 6.92 Å². The van der Waals surface area contributed by atoms with Crippen LogP contribution in [0.3, 0.4) is 0 Å². The Labute approximate surface area is 126 Å². The quantitative estimate of drug-likeness (QED) is 0.902. The summed E-state index contributed by atoms with van der Waals surface area (Å²) < 4.78 is 18.8. The van der Waals surface area contributed by atoms with Gasteiger partial charge in [0.25, 0.3) is 5.91 Å². The minimum absolute atomic E-state index is 0.0811. The molecule has 1 amide bonds. The average Bonchev–Trinajstić information content (AvgIpc) is 2.44. The standard InChI is InChI=1S/C15H13ClFNO3/c1-2-21-14-6-3-9(7-13(14)17)18-15(20)11-8-10(19)4-5-12(11)16/h3-8,19H,2H2,1H3,(H,18,20). The van der Waals surface area contributed by atoms with Crippen LogP contribution in [0.5, 0.6) is 11.5 Å². The van der Waals surface area contributed by atoms with Gasteiger partial charge in [-0.05, 0) is 37.3 Å². The van der Waals surface area contributed by atoms with Crippen molar-refractivity contribution in [1.82, 2.24) is 0 Å². The maximum absolute atomic E-state index is 13.7. The second-order valence-electron chi connectivity index (χ2n) is 4.20. The molecule has 0 saturated carbocycles. The zero-order valence-electron chi connectivity index (χ0n) is 11.2. The molecule has 0 aliphatic rings. The molecule has 2 rings (SSSR count). The van der Waals surface area contributed by atoms with Crippen LogP contribution in [0.1, 0.15) is 17.3 Å². The predicted octanol–water partition coefficient (Wildman–Crippen LogP) is 3.84. The monoisotopic (exact) mass is 309 g/mol. The van der Waals surface area contributed by atoms with E-state index in [1.54, 1.807) is 6.92 Å². The Morgan fingerprint density at radius 2 is 2.10 bits per heavy atom. The average molecular weight is 310 g/mol. The van der Waals surface area contributed by atoms with E-state index in [2.05, 4.69) is 5.32 Å². The van der Waals surface area contributed by atoms with Gasteiger partial charge in [-0.25, -0.2) is 4.39 Å². The van der Waals surface area contributed by atoms with Crippen molar-refractivity contribution in [2.75, 3.05) is 11.9 Å². The number of aromatic hydroxyl groups is 1. The maximum atomic E-state index is 13.7. The molecule has 0 heterocycles. The van der Waals surface area contributed by atoms with Crippen LogP contribution in [-0.2, 0) is 0 Å². The highest BCUT2D eigenvalue weighted by Gasteiger charge is 2.13. The van der Waals surface area contributed by atoms with Gasteiger partial charge in [0.2, 0.25) is 0 Å². The molecule has 0 aliphatic heterocycles. The normalized spacial score (nSPS) is 10.2. The van der Waals surface area contributed by atoms with Gasteiger partial charge in [-0.2, -0.15) is 0 Å². The first kappa shape index (κ1) is 15.1. The SMILES string of the molecule is CCOc1ccc(NC(=O)c2cc(O)ccc2Cl)cc1F. The third kappa shape index (κ3) is 3.64. The fourth-order valence-electron chi connectivity index (χ4n) is 1.74. The van der Waals surface area contributed by atoms with Crippen molar-refractivity contribution >= 4 is 23.2 Å². The number of nitrogens with one attached hydrogen (secondary N) is 1. The highest BCUT2D eigenvalue weighted by molar-refractivity contribution is 6.34. The van der Waals surface area contributed by atoms with E-state index in [1.165, 1.54) is 30.3 Å². The van der Waals surface area contributed by atoms with Crippen LogP contribution in [0, 0.1) is 5.82 Å². The van der Waals surface area contributed by atoms with Crippen LogP contribution in [-0.4, -0.2) is 17.6 Å². The molecule has 0 aromatic heterocycles. The Morgan fingerprint density at radius 3 is 2.76 bits per heavy atom. The van der Waals surface area contributed by atoms with E-state index in [-0.39, 0.29) is 27.8 Å². The van der Waals surface area contributed by atoms with E-state index in [9.17, 15) is 14.3 Å². The third-order valence-corrected chi connectivity index (χ3v) is 3.01. The van der Waals surface area contributed by atoms with E-state index < -0.39 is 11.7 Å². The van der Waals surface area contributed by atoms with E-state index in [0.717, 1.165) is 6.07 Å². The summed E-state index contributed by atoms with van der Waals surface area (Å²) in [6.45, 7) is 2.10. The van der Waals surface area contributed by atoms with Crippen LogP contribution >= 0.6 is 11.6 Å². The summed E-state index contributed by atoms with van der Waals surface area (Å²) in [5, 5.41) is 12.1. The first-order valence-corrected chi connectivity index (χ1v) is 6.61. The van der Waals surface area contributed by atoms with Crippen molar-refractivity contribution in [1.29, 1.82) is 0 Å². The Morgan fingerprint density at radius 1 is 1.33 bits per heavy atom. The number of rotatable bonds is 4. The van der Waals surface area contributed by atoms with Crippen molar-refractivity contribution < 1.29 is 19.0 Å². The molecular weight excluding hydrogens is 297 g/mol. The number of benzene rings is 2. The number of hydrogen-bond donors (Lipinski definition) is 2. The number of halogens is 2. The van der Waals surface area contributed by atoms with E-state index in [0.29, 0.717) is 6.61 Å². The zero-order chi connectivity index (χ0) is 15.4. The Hall–Kier alpha value is -2.27. The molecule has 6 heteroatoms. The van der Waals surface area contributed by atoms with Crippen LogP contribution in [0.25, 0.3) is 0 Å². The Balaban J connectivity index is 2.19. The fourth-order valence-corrected chi connectivity index (χ4v) is 1.94. The molecule has 4 nitrogen and oxygen atoms in total. The molecule has 2 aromatic rings.